The van der Waals surface area contributed by atoms with E-state index in [1.807, 2.05) is 42.5 Å². The maximum Gasteiger partial charge on any atom is 0.248 e. The Morgan fingerprint density at radius 2 is 1.78 bits per heavy atom. The van der Waals surface area contributed by atoms with Gasteiger partial charge >= 0.3 is 0 Å². The van der Waals surface area contributed by atoms with Crippen LogP contribution in [-0.4, -0.2) is 43.2 Å². The van der Waals surface area contributed by atoms with E-state index in [2.05, 4.69) is 48.3 Å². The summed E-state index contributed by atoms with van der Waals surface area (Å²) in [7, 11) is 1.63. The fourth-order valence-corrected chi connectivity index (χ4v) is 5.07. The van der Waals surface area contributed by atoms with E-state index in [4.69, 9.17) is 9.47 Å². The molecule has 0 aliphatic heterocycles. The van der Waals surface area contributed by atoms with E-state index >= 15 is 0 Å². The smallest absolute Gasteiger partial charge is 0.248 e. The molecule has 1 N–H and O–H groups in total. The Hall–Kier alpha value is -3.31. The first kappa shape index (κ1) is 25.8. The van der Waals surface area contributed by atoms with Crippen LogP contribution < -0.4 is 14.8 Å². The Bertz CT molecular complexity index is 1180. The lowest BCUT2D eigenvalue weighted by atomic mass is 9.93. The van der Waals surface area contributed by atoms with Gasteiger partial charge in [-0.2, -0.15) is 0 Å². The molecule has 0 heterocycles. The first-order valence-corrected chi connectivity index (χ1v) is 13.1. The van der Waals surface area contributed by atoms with Crippen LogP contribution in [0, 0.1) is 0 Å². The van der Waals surface area contributed by atoms with Gasteiger partial charge in [-0.1, -0.05) is 55.7 Å². The highest BCUT2D eigenvalue weighted by Crippen LogP contribution is 2.31. The van der Waals surface area contributed by atoms with E-state index in [1.54, 1.807) is 13.2 Å². The van der Waals surface area contributed by atoms with Gasteiger partial charge in [0, 0.05) is 36.5 Å². The van der Waals surface area contributed by atoms with Crippen molar-refractivity contribution in [1.82, 2.24) is 4.90 Å². The van der Waals surface area contributed by atoms with Crippen LogP contribution in [0.1, 0.15) is 51.5 Å². The highest BCUT2D eigenvalue weighted by molar-refractivity contribution is 6.02. The molecule has 36 heavy (non-hydrogen) atoms. The molecule has 0 atom stereocenters. The number of nitrogens with zero attached hydrogens (tertiary/aromatic N) is 1. The first-order valence-electron chi connectivity index (χ1n) is 13.1. The molecule has 0 unspecified atom stereocenters. The third kappa shape index (κ3) is 6.88. The number of hydrogen-bond acceptors (Lipinski definition) is 4. The molecule has 1 fully saturated rings. The summed E-state index contributed by atoms with van der Waals surface area (Å²) in [6.45, 7) is 5.97. The summed E-state index contributed by atoms with van der Waals surface area (Å²) < 4.78 is 11.7. The van der Waals surface area contributed by atoms with Gasteiger partial charge in [-0.3, -0.25) is 9.69 Å². The molecule has 3 aromatic carbocycles. The van der Waals surface area contributed by atoms with Crippen LogP contribution in [0.15, 0.2) is 66.7 Å². The van der Waals surface area contributed by atoms with Crippen molar-refractivity contribution in [1.29, 1.82) is 0 Å². The van der Waals surface area contributed by atoms with Crippen molar-refractivity contribution >= 4 is 28.4 Å². The van der Waals surface area contributed by atoms with E-state index in [9.17, 15) is 4.79 Å². The zero-order chi connectivity index (χ0) is 25.3. The van der Waals surface area contributed by atoms with Gasteiger partial charge in [0.05, 0.1) is 7.11 Å². The van der Waals surface area contributed by atoms with Gasteiger partial charge in [0.15, 0.2) is 11.5 Å². The number of carbonyl (C=O) groups is 1. The Labute approximate surface area is 215 Å². The minimum Gasteiger partial charge on any atom is -0.493 e. The number of nitrogens with one attached hydrogen (secondary N) is 1. The van der Waals surface area contributed by atoms with Crippen LogP contribution in [-0.2, 0) is 4.79 Å². The molecular formula is C31H38N2O3. The Kier molecular flexibility index (Phi) is 9.01. The Morgan fingerprint density at radius 3 is 2.53 bits per heavy atom. The summed E-state index contributed by atoms with van der Waals surface area (Å²) in [6, 6.07) is 21.0. The maximum absolute atomic E-state index is 12.6. The SMILES string of the molecule is COc1ccc(NC(=O)C=Cc2ccc3ccccc3c2)cc1OCCN(C(C)C)C1CCCCC1. The molecule has 1 saturated carbocycles. The average molecular weight is 487 g/mol. The highest BCUT2D eigenvalue weighted by Gasteiger charge is 2.23. The van der Waals surface area contributed by atoms with Gasteiger partial charge in [-0.15, -0.1) is 0 Å². The summed E-state index contributed by atoms with van der Waals surface area (Å²) in [5.41, 5.74) is 1.65. The number of amides is 1. The predicted octanol–water partition coefficient (Wildman–Crippen LogP) is 6.92. The van der Waals surface area contributed by atoms with Gasteiger partial charge in [0.25, 0.3) is 0 Å². The average Bonchev–Trinajstić information content (AvgIpc) is 2.90. The van der Waals surface area contributed by atoms with Crippen molar-refractivity contribution in [3.05, 3.63) is 72.3 Å². The molecule has 5 heteroatoms. The molecule has 1 aliphatic rings. The van der Waals surface area contributed by atoms with E-state index in [-0.39, 0.29) is 5.91 Å². The van der Waals surface area contributed by atoms with Crippen LogP contribution >= 0.6 is 0 Å². The molecular weight excluding hydrogens is 448 g/mol. The topological polar surface area (TPSA) is 50.8 Å². The number of carbonyl (C=O) groups excluding carboxylic acids is 1. The van der Waals surface area contributed by atoms with E-state index < -0.39 is 0 Å². The predicted molar refractivity (Wildman–Crippen MR) is 149 cm³/mol. The normalized spacial score (nSPS) is 14.6. The molecule has 1 amide bonds. The molecule has 0 aromatic heterocycles. The van der Waals surface area contributed by atoms with Crippen molar-refractivity contribution in [2.24, 2.45) is 0 Å². The molecule has 0 bridgehead atoms. The summed E-state index contributed by atoms with van der Waals surface area (Å²) in [5, 5.41) is 5.27. The van der Waals surface area contributed by atoms with Gasteiger partial charge in [0.2, 0.25) is 5.91 Å². The van der Waals surface area contributed by atoms with Crippen LogP contribution in [0.5, 0.6) is 11.5 Å². The number of fused-ring (bicyclic) bond motifs is 1. The molecule has 5 nitrogen and oxygen atoms in total. The zero-order valence-electron chi connectivity index (χ0n) is 21.7. The van der Waals surface area contributed by atoms with Crippen molar-refractivity contribution < 1.29 is 14.3 Å². The van der Waals surface area contributed by atoms with Gasteiger partial charge < -0.3 is 14.8 Å². The monoisotopic (exact) mass is 486 g/mol. The fraction of sp³-hybridized carbons (Fsp3) is 0.387. The second kappa shape index (κ2) is 12.6. The van der Waals surface area contributed by atoms with E-state index in [1.165, 1.54) is 37.5 Å². The number of ether oxygens (including phenoxy) is 2. The third-order valence-corrected chi connectivity index (χ3v) is 6.95. The molecule has 0 saturated heterocycles. The standard InChI is InChI=1S/C31H38N2O3/c1-23(2)33(28-11-5-4-6-12-28)19-20-36-30-22-27(16-17-29(30)35-3)32-31(34)18-14-24-13-15-25-9-7-8-10-26(25)21-24/h7-10,13-18,21-23,28H,4-6,11-12,19-20H2,1-3H3,(H,32,34). The third-order valence-electron chi connectivity index (χ3n) is 6.95. The Morgan fingerprint density at radius 1 is 1.00 bits per heavy atom. The zero-order valence-corrected chi connectivity index (χ0v) is 21.7. The quantitative estimate of drug-likeness (QED) is 0.316. The van der Waals surface area contributed by atoms with Gasteiger partial charge in [-0.25, -0.2) is 0 Å². The second-order valence-corrected chi connectivity index (χ2v) is 9.77. The molecule has 4 rings (SSSR count). The first-order chi connectivity index (χ1) is 17.5. The van der Waals surface area contributed by atoms with Crippen LogP contribution in [0.2, 0.25) is 0 Å². The lowest BCUT2D eigenvalue weighted by molar-refractivity contribution is -0.111. The van der Waals surface area contributed by atoms with Crippen molar-refractivity contribution in [3.63, 3.8) is 0 Å². The van der Waals surface area contributed by atoms with Crippen LogP contribution in [0.4, 0.5) is 5.69 Å². The number of rotatable bonds is 10. The van der Waals surface area contributed by atoms with Crippen LogP contribution in [0.3, 0.4) is 0 Å². The second-order valence-electron chi connectivity index (χ2n) is 9.77. The van der Waals surface area contributed by atoms with Crippen molar-refractivity contribution in [3.8, 4) is 11.5 Å². The minimum absolute atomic E-state index is 0.192. The van der Waals surface area contributed by atoms with Crippen molar-refractivity contribution in [2.45, 2.75) is 58.0 Å². The van der Waals surface area contributed by atoms with E-state index in [0.717, 1.165) is 17.5 Å². The Balaban J connectivity index is 1.36. The van der Waals surface area contributed by atoms with Crippen molar-refractivity contribution in [2.75, 3.05) is 25.6 Å². The minimum atomic E-state index is -0.192. The fourth-order valence-electron chi connectivity index (χ4n) is 5.07. The number of benzene rings is 3. The number of methoxy groups -OCH3 is 1. The largest absolute Gasteiger partial charge is 0.493 e. The molecule has 190 valence electrons. The molecule has 0 spiro atoms. The summed E-state index contributed by atoms with van der Waals surface area (Å²) in [5.74, 6) is 1.11. The highest BCUT2D eigenvalue weighted by atomic mass is 16.5. The summed E-state index contributed by atoms with van der Waals surface area (Å²) in [4.78, 5) is 15.2. The van der Waals surface area contributed by atoms with E-state index in [0.29, 0.717) is 35.9 Å². The maximum atomic E-state index is 12.6. The lowest BCUT2D eigenvalue weighted by Crippen LogP contribution is -2.43. The van der Waals surface area contributed by atoms with Gasteiger partial charge in [-0.05, 0) is 67.3 Å². The molecule has 3 aromatic rings. The van der Waals surface area contributed by atoms with Crippen LogP contribution in [0.25, 0.3) is 16.8 Å². The van der Waals surface area contributed by atoms with Gasteiger partial charge in [0.1, 0.15) is 6.61 Å². The summed E-state index contributed by atoms with van der Waals surface area (Å²) in [6.07, 6.45) is 9.92. The molecule has 0 radical (unpaired) electrons. The molecule has 1 aliphatic carbocycles. The number of anilines is 1. The lowest BCUT2D eigenvalue weighted by Gasteiger charge is -2.37. The summed E-state index contributed by atoms with van der Waals surface area (Å²) >= 11 is 0. The number of hydrogen-bond donors (Lipinski definition) is 1.